The molecule has 0 saturated carbocycles. The fourth-order valence-corrected chi connectivity index (χ4v) is 0.837. The minimum absolute atomic E-state index is 0.0112. The highest BCUT2D eigenvalue weighted by atomic mass is 16.5. The molecule has 0 spiro atoms. The molecule has 1 N–H and O–H groups in total. The third kappa shape index (κ3) is 6.71. The monoisotopic (exact) mass is 213 g/mol. The molecular formula is C11H19NO3. The van der Waals surface area contributed by atoms with Crippen molar-refractivity contribution in [2.45, 2.75) is 27.2 Å². The zero-order valence-electron chi connectivity index (χ0n) is 9.85. The molecule has 0 heterocycles. The fraction of sp³-hybridized carbons (Fsp3) is 0.636. The quantitative estimate of drug-likeness (QED) is 0.565. The summed E-state index contributed by atoms with van der Waals surface area (Å²) in [5.41, 5.74) is 0.200. The molecule has 86 valence electrons. The van der Waals surface area contributed by atoms with Crippen LogP contribution in [-0.2, 0) is 14.3 Å². The summed E-state index contributed by atoms with van der Waals surface area (Å²) >= 11 is 0. The first-order valence-electron chi connectivity index (χ1n) is 4.79. The lowest BCUT2D eigenvalue weighted by molar-refractivity contribution is -0.137. The molecule has 0 aliphatic heterocycles. The highest BCUT2D eigenvalue weighted by molar-refractivity contribution is 5.94. The van der Waals surface area contributed by atoms with Gasteiger partial charge in [-0.3, -0.25) is 4.79 Å². The number of ether oxygens (including phenoxy) is 1. The van der Waals surface area contributed by atoms with Crippen molar-refractivity contribution in [1.82, 2.24) is 5.32 Å². The van der Waals surface area contributed by atoms with Gasteiger partial charge in [0.1, 0.15) is 0 Å². The van der Waals surface area contributed by atoms with Crippen molar-refractivity contribution in [2.24, 2.45) is 5.41 Å². The maximum Gasteiger partial charge on any atom is 0.333 e. The van der Waals surface area contributed by atoms with E-state index in [4.69, 9.17) is 0 Å². The van der Waals surface area contributed by atoms with E-state index in [2.05, 4.69) is 16.6 Å². The Hall–Kier alpha value is -1.32. The molecule has 1 amide bonds. The first-order chi connectivity index (χ1) is 6.76. The Kier molecular flexibility index (Phi) is 5.05. The standard InChI is InChI=1S/C11H19NO3/c1-8(10(14)15-5)6-9(13)12-7-11(2,3)4/h1,6-7H2,2-5H3,(H,12,13). The average Bonchev–Trinajstić information content (AvgIpc) is 2.12. The fourth-order valence-electron chi connectivity index (χ4n) is 0.837. The maximum absolute atomic E-state index is 11.3. The normalized spacial score (nSPS) is 10.7. The van der Waals surface area contributed by atoms with Crippen LogP contribution in [-0.4, -0.2) is 25.5 Å². The lowest BCUT2D eigenvalue weighted by atomic mass is 9.97. The van der Waals surface area contributed by atoms with E-state index in [9.17, 15) is 9.59 Å². The second kappa shape index (κ2) is 5.53. The van der Waals surface area contributed by atoms with E-state index in [1.54, 1.807) is 0 Å². The Labute approximate surface area is 90.7 Å². The minimum Gasteiger partial charge on any atom is -0.466 e. The number of methoxy groups -OCH3 is 1. The largest absolute Gasteiger partial charge is 0.466 e. The van der Waals surface area contributed by atoms with Crippen LogP contribution in [0.1, 0.15) is 27.2 Å². The van der Waals surface area contributed by atoms with E-state index in [0.29, 0.717) is 6.54 Å². The Morgan fingerprint density at radius 3 is 2.27 bits per heavy atom. The first-order valence-corrected chi connectivity index (χ1v) is 4.79. The molecule has 0 aromatic heterocycles. The molecule has 0 unspecified atom stereocenters. The Morgan fingerprint density at radius 2 is 1.87 bits per heavy atom. The van der Waals surface area contributed by atoms with Gasteiger partial charge in [-0.15, -0.1) is 0 Å². The molecule has 0 rings (SSSR count). The van der Waals surface area contributed by atoms with E-state index in [-0.39, 0.29) is 23.3 Å². The second-order valence-electron chi connectivity index (χ2n) is 4.61. The lowest BCUT2D eigenvalue weighted by Crippen LogP contribution is -2.32. The third-order valence-electron chi connectivity index (χ3n) is 1.66. The molecule has 0 bridgehead atoms. The number of esters is 1. The van der Waals surface area contributed by atoms with E-state index >= 15 is 0 Å². The van der Waals surface area contributed by atoms with Crippen molar-refractivity contribution in [3.8, 4) is 0 Å². The van der Waals surface area contributed by atoms with Crippen LogP contribution in [0.15, 0.2) is 12.2 Å². The van der Waals surface area contributed by atoms with Gasteiger partial charge in [0.15, 0.2) is 0 Å². The molecule has 4 nitrogen and oxygen atoms in total. The minimum atomic E-state index is -0.541. The average molecular weight is 213 g/mol. The van der Waals surface area contributed by atoms with Gasteiger partial charge in [0, 0.05) is 12.1 Å². The van der Waals surface area contributed by atoms with Gasteiger partial charge in [0.05, 0.1) is 13.5 Å². The van der Waals surface area contributed by atoms with Gasteiger partial charge in [-0.2, -0.15) is 0 Å². The number of nitrogens with one attached hydrogen (secondary N) is 1. The zero-order valence-corrected chi connectivity index (χ0v) is 9.85. The van der Waals surface area contributed by atoms with Crippen molar-refractivity contribution in [2.75, 3.05) is 13.7 Å². The predicted octanol–water partition coefficient (Wildman–Crippen LogP) is 1.27. The van der Waals surface area contributed by atoms with Gasteiger partial charge in [-0.1, -0.05) is 27.4 Å². The van der Waals surface area contributed by atoms with Gasteiger partial charge in [0.2, 0.25) is 5.91 Å². The second-order valence-corrected chi connectivity index (χ2v) is 4.61. The zero-order chi connectivity index (χ0) is 12.1. The van der Waals surface area contributed by atoms with Crippen LogP contribution in [0, 0.1) is 5.41 Å². The number of hydrogen-bond donors (Lipinski definition) is 1. The molecule has 0 fully saturated rings. The van der Waals surface area contributed by atoms with Crippen molar-refractivity contribution >= 4 is 11.9 Å². The van der Waals surface area contributed by atoms with Gasteiger partial charge >= 0.3 is 5.97 Å². The van der Waals surface area contributed by atoms with Crippen LogP contribution in [0.2, 0.25) is 0 Å². The highest BCUT2D eigenvalue weighted by Gasteiger charge is 2.15. The van der Waals surface area contributed by atoms with Crippen LogP contribution >= 0.6 is 0 Å². The molecule has 0 saturated heterocycles. The Bertz CT molecular complexity index is 263. The predicted molar refractivity (Wildman–Crippen MR) is 58.2 cm³/mol. The molecule has 0 aliphatic carbocycles. The number of hydrogen-bond acceptors (Lipinski definition) is 3. The number of amides is 1. The van der Waals surface area contributed by atoms with E-state index in [0.717, 1.165) is 0 Å². The van der Waals surface area contributed by atoms with Crippen LogP contribution in [0.3, 0.4) is 0 Å². The number of carbonyl (C=O) groups excluding carboxylic acids is 2. The van der Waals surface area contributed by atoms with Gasteiger partial charge < -0.3 is 10.1 Å². The summed E-state index contributed by atoms with van der Waals surface area (Å²) < 4.78 is 4.44. The van der Waals surface area contributed by atoms with Crippen LogP contribution in [0.5, 0.6) is 0 Å². The molecule has 0 radical (unpaired) electrons. The summed E-state index contributed by atoms with van der Waals surface area (Å²) in [5, 5.41) is 2.72. The number of carbonyl (C=O) groups is 2. The van der Waals surface area contributed by atoms with Crippen LogP contribution in [0.25, 0.3) is 0 Å². The SMILES string of the molecule is C=C(CC(=O)NCC(C)(C)C)C(=O)OC. The summed E-state index contributed by atoms with van der Waals surface area (Å²) in [4.78, 5) is 22.3. The molecule has 4 heteroatoms. The molecule has 0 atom stereocenters. The van der Waals surface area contributed by atoms with Gasteiger partial charge in [-0.05, 0) is 5.41 Å². The Morgan fingerprint density at radius 1 is 1.33 bits per heavy atom. The molecule has 0 aromatic rings. The summed E-state index contributed by atoms with van der Waals surface area (Å²) in [7, 11) is 1.26. The maximum atomic E-state index is 11.3. The van der Waals surface area contributed by atoms with Crippen molar-refractivity contribution in [1.29, 1.82) is 0 Å². The van der Waals surface area contributed by atoms with E-state index in [1.165, 1.54) is 7.11 Å². The van der Waals surface area contributed by atoms with E-state index < -0.39 is 5.97 Å². The first kappa shape index (κ1) is 13.7. The topological polar surface area (TPSA) is 55.4 Å². The molecule has 0 aliphatic rings. The Balaban J connectivity index is 3.95. The third-order valence-corrected chi connectivity index (χ3v) is 1.66. The molecule has 15 heavy (non-hydrogen) atoms. The van der Waals surface area contributed by atoms with E-state index in [1.807, 2.05) is 20.8 Å². The molecular weight excluding hydrogens is 194 g/mol. The number of rotatable bonds is 4. The molecule has 0 aromatic carbocycles. The highest BCUT2D eigenvalue weighted by Crippen LogP contribution is 2.10. The lowest BCUT2D eigenvalue weighted by Gasteiger charge is -2.18. The van der Waals surface area contributed by atoms with Gasteiger partial charge in [0.25, 0.3) is 0 Å². The van der Waals surface area contributed by atoms with Crippen molar-refractivity contribution in [3.05, 3.63) is 12.2 Å². The summed E-state index contributed by atoms with van der Waals surface area (Å²) in [6.07, 6.45) is -0.0112. The summed E-state index contributed by atoms with van der Waals surface area (Å²) in [6, 6.07) is 0. The summed E-state index contributed by atoms with van der Waals surface area (Å²) in [6.45, 7) is 10.1. The van der Waals surface area contributed by atoms with Crippen LogP contribution < -0.4 is 5.32 Å². The van der Waals surface area contributed by atoms with Gasteiger partial charge in [-0.25, -0.2) is 4.79 Å². The van der Waals surface area contributed by atoms with Crippen molar-refractivity contribution in [3.63, 3.8) is 0 Å². The van der Waals surface area contributed by atoms with Crippen LogP contribution in [0.4, 0.5) is 0 Å². The summed E-state index contributed by atoms with van der Waals surface area (Å²) in [5.74, 6) is -0.749. The van der Waals surface area contributed by atoms with Crippen molar-refractivity contribution < 1.29 is 14.3 Å². The smallest absolute Gasteiger partial charge is 0.333 e.